The zero-order valence-electron chi connectivity index (χ0n) is 61.1. The SMILES string of the molecule is c1ccc(-c2ccc(-c3cc(-c4ccc5c(c4)c4cc(-c6ccccc6)ccc4n5-c4ccccc4)cc(-c4cccc5c4[se]c4ccccc45)c3)cc2)cc1.c1ccc(-c2ccc(-c3cc(-c4ccc5c(c4)c4ccccc4n5-c4ccccc4)cc(-c4cccc5c4[se]c4ccc(-c6ccccc6)cc45)c3)cc2)cc1. The Kier molecular flexibility index (Phi) is 17.0. The minimum absolute atomic E-state index is 0.197. The summed E-state index contributed by atoms with van der Waals surface area (Å²) in [5.41, 5.74) is 31.9. The van der Waals surface area contributed by atoms with Gasteiger partial charge < -0.3 is 0 Å². The molecule has 18 aromatic carbocycles. The van der Waals surface area contributed by atoms with Crippen molar-refractivity contribution in [2.45, 2.75) is 0 Å². The summed E-state index contributed by atoms with van der Waals surface area (Å²) < 4.78 is 10.6. The second-order valence-corrected chi connectivity index (χ2v) is 33.5. The molecule has 0 aliphatic heterocycles. The molecule has 524 valence electrons. The van der Waals surface area contributed by atoms with Crippen molar-refractivity contribution in [2.75, 3.05) is 0 Å². The summed E-state index contributed by atoms with van der Waals surface area (Å²) in [4.78, 5) is 0. The molecule has 4 aromatic heterocycles. The van der Waals surface area contributed by atoms with Crippen LogP contribution in [0.25, 0.3) is 205 Å². The Morgan fingerprint density at radius 3 is 0.848 bits per heavy atom. The van der Waals surface area contributed by atoms with Gasteiger partial charge in [0.05, 0.1) is 0 Å². The van der Waals surface area contributed by atoms with Crippen molar-refractivity contribution in [2.24, 2.45) is 0 Å². The van der Waals surface area contributed by atoms with Crippen LogP contribution in [0.15, 0.2) is 425 Å². The van der Waals surface area contributed by atoms with E-state index in [-0.39, 0.29) is 29.0 Å². The van der Waals surface area contributed by atoms with E-state index in [9.17, 15) is 0 Å². The molecule has 22 aromatic rings. The topological polar surface area (TPSA) is 9.86 Å². The summed E-state index contributed by atoms with van der Waals surface area (Å²) in [6.45, 7) is 0. The van der Waals surface area contributed by atoms with Gasteiger partial charge in [-0.2, -0.15) is 0 Å². The normalized spacial score (nSPS) is 11.6. The molecule has 4 heterocycles. The van der Waals surface area contributed by atoms with Gasteiger partial charge in [0.2, 0.25) is 0 Å². The first kappa shape index (κ1) is 66.8. The van der Waals surface area contributed by atoms with Gasteiger partial charge in [-0.1, -0.05) is 78.9 Å². The zero-order valence-corrected chi connectivity index (χ0v) is 64.6. The number of aromatic nitrogens is 2. The molecule has 0 unspecified atom stereocenters. The summed E-state index contributed by atoms with van der Waals surface area (Å²) in [5.74, 6) is 0. The van der Waals surface area contributed by atoms with Crippen LogP contribution in [0.2, 0.25) is 0 Å². The molecule has 0 aliphatic carbocycles. The number of hydrogen-bond donors (Lipinski definition) is 0. The van der Waals surface area contributed by atoms with E-state index in [1.165, 1.54) is 199 Å². The Balaban J connectivity index is 0.000000141. The van der Waals surface area contributed by atoms with Gasteiger partial charge in [-0.15, -0.1) is 0 Å². The molecule has 0 saturated heterocycles. The first-order valence-corrected chi connectivity index (χ1v) is 41.8. The molecule has 0 saturated carbocycles. The van der Waals surface area contributed by atoms with Crippen molar-refractivity contribution in [3.8, 4) is 123 Å². The average Bonchev–Trinajstić information content (AvgIpc) is 1.58. The Bertz CT molecular complexity index is 7220. The monoisotopic (exact) mass is 1550 g/mol. The van der Waals surface area contributed by atoms with Crippen molar-refractivity contribution in [3.05, 3.63) is 425 Å². The van der Waals surface area contributed by atoms with E-state index in [2.05, 4.69) is 434 Å². The molecule has 0 N–H and O–H groups in total. The molecular weight excluding hydrogens is 1480 g/mol. The Labute approximate surface area is 662 Å². The second kappa shape index (κ2) is 28.6. The standard InChI is InChI=1S/2C54H35NSe/c1-4-13-36(14-5-1)38-23-25-39(26-24-38)42-31-43(41-27-29-52-49(34-41)47-19-10-11-22-51(47)55(52)45-17-8-3-9-18-45)33-44(32-42)46-20-12-21-48-50-35-40(37-15-6-2-7-16-37)28-30-53(50)56-54(46)48;1-4-13-36(14-5-1)38-23-25-39(26-24-38)42-31-43(33-44(32-42)46-20-12-21-48-47-19-10-11-22-53(47)56-54(46)48)41-28-30-52-50(35-41)49-34-40(37-15-6-2-7-16-37)27-29-51(49)55(52)45-17-8-3-9-18-45/h2*1-35H. The van der Waals surface area contributed by atoms with Gasteiger partial charge in [-0.25, -0.2) is 0 Å². The summed E-state index contributed by atoms with van der Waals surface area (Å²) in [5, 5.41) is 10.5. The third-order valence-corrected chi connectivity index (χ3v) is 27.5. The average molecular weight is 1550 g/mol. The third kappa shape index (κ3) is 12.2. The molecule has 2 nitrogen and oxygen atoms in total. The molecular formula is C108H70N2Se2. The first-order chi connectivity index (χ1) is 55.5. The number of para-hydroxylation sites is 3. The van der Waals surface area contributed by atoms with E-state index < -0.39 is 0 Å². The van der Waals surface area contributed by atoms with Gasteiger partial charge in [0.1, 0.15) is 0 Å². The Hall–Kier alpha value is -13.4. The number of fused-ring (bicyclic) bond motifs is 12. The van der Waals surface area contributed by atoms with Crippen LogP contribution < -0.4 is 0 Å². The Morgan fingerprint density at radius 2 is 0.411 bits per heavy atom. The molecule has 112 heavy (non-hydrogen) atoms. The number of rotatable bonds is 12. The van der Waals surface area contributed by atoms with E-state index in [1.54, 1.807) is 0 Å². The summed E-state index contributed by atoms with van der Waals surface area (Å²) in [6.07, 6.45) is 0. The van der Waals surface area contributed by atoms with E-state index in [4.69, 9.17) is 0 Å². The quantitative estimate of drug-likeness (QED) is 0.108. The summed E-state index contributed by atoms with van der Waals surface area (Å²) in [6, 6.07) is 156. The van der Waals surface area contributed by atoms with Gasteiger partial charge in [-0.05, 0) is 0 Å². The molecule has 0 amide bonds. The maximum atomic E-state index is 2.42. The van der Waals surface area contributed by atoms with Crippen molar-refractivity contribution in [1.29, 1.82) is 0 Å². The predicted octanol–water partition coefficient (Wildman–Crippen LogP) is 29.0. The van der Waals surface area contributed by atoms with Crippen molar-refractivity contribution in [1.82, 2.24) is 9.13 Å². The van der Waals surface area contributed by atoms with Gasteiger partial charge >= 0.3 is 589 Å². The fourth-order valence-electron chi connectivity index (χ4n) is 16.9. The number of nitrogens with zero attached hydrogens (tertiary/aromatic N) is 2. The van der Waals surface area contributed by atoms with Gasteiger partial charge in [0, 0.05) is 0 Å². The van der Waals surface area contributed by atoms with E-state index in [0.717, 1.165) is 5.69 Å². The van der Waals surface area contributed by atoms with Crippen LogP contribution in [0.3, 0.4) is 0 Å². The van der Waals surface area contributed by atoms with Crippen LogP contribution in [0, 0.1) is 0 Å². The first-order valence-electron chi connectivity index (χ1n) is 38.3. The molecule has 4 heteroatoms. The van der Waals surface area contributed by atoms with E-state index >= 15 is 0 Å². The fourth-order valence-corrected chi connectivity index (χ4v) is 22.0. The van der Waals surface area contributed by atoms with Crippen molar-refractivity contribution < 1.29 is 0 Å². The Morgan fingerprint density at radius 1 is 0.143 bits per heavy atom. The zero-order chi connectivity index (χ0) is 74.0. The molecule has 0 aliphatic rings. The van der Waals surface area contributed by atoms with Crippen LogP contribution in [0.5, 0.6) is 0 Å². The van der Waals surface area contributed by atoms with Gasteiger partial charge in [-0.3, -0.25) is 0 Å². The third-order valence-electron chi connectivity index (χ3n) is 22.4. The molecule has 22 rings (SSSR count). The van der Waals surface area contributed by atoms with Gasteiger partial charge in [0.25, 0.3) is 0 Å². The molecule has 0 bridgehead atoms. The fraction of sp³-hybridized carbons (Fsp3) is 0. The van der Waals surface area contributed by atoms with Crippen LogP contribution in [-0.4, -0.2) is 38.1 Å². The second-order valence-electron chi connectivity index (χ2n) is 29.0. The van der Waals surface area contributed by atoms with Crippen LogP contribution in [0.4, 0.5) is 0 Å². The van der Waals surface area contributed by atoms with Crippen LogP contribution in [-0.2, 0) is 0 Å². The minimum atomic E-state index is 0.197. The maximum absolute atomic E-state index is 2.42. The molecule has 0 spiro atoms. The van der Waals surface area contributed by atoms with Gasteiger partial charge in [0.15, 0.2) is 0 Å². The van der Waals surface area contributed by atoms with Crippen molar-refractivity contribution >= 4 is 111 Å². The van der Waals surface area contributed by atoms with Crippen LogP contribution >= 0.6 is 0 Å². The summed E-state index contributed by atoms with van der Waals surface area (Å²) >= 11 is 0.437. The molecule has 0 atom stereocenters. The van der Waals surface area contributed by atoms with E-state index in [1.807, 2.05) is 0 Å². The van der Waals surface area contributed by atoms with Crippen LogP contribution in [0.1, 0.15) is 0 Å². The van der Waals surface area contributed by atoms with E-state index in [0.29, 0.717) is 0 Å². The number of benzene rings is 18. The predicted molar refractivity (Wildman–Crippen MR) is 480 cm³/mol. The summed E-state index contributed by atoms with van der Waals surface area (Å²) in [7, 11) is 0. The molecule has 0 fully saturated rings. The number of hydrogen-bond acceptors (Lipinski definition) is 0. The molecule has 0 radical (unpaired) electrons. The van der Waals surface area contributed by atoms with Crippen molar-refractivity contribution in [3.63, 3.8) is 0 Å².